The average molecular weight is 340 g/mol. The molecule has 0 aliphatic carbocycles. The zero-order chi connectivity index (χ0) is 17.8. The van der Waals surface area contributed by atoms with Crippen LogP contribution in [0.3, 0.4) is 0 Å². The second-order valence-electron chi connectivity index (χ2n) is 6.12. The van der Waals surface area contributed by atoms with E-state index in [0.717, 1.165) is 12.8 Å². The van der Waals surface area contributed by atoms with Gasteiger partial charge in [-0.3, -0.25) is 14.2 Å². The third kappa shape index (κ3) is 3.93. The molecule has 7 heteroatoms. The minimum Gasteiger partial charge on any atom is -0.352 e. The van der Waals surface area contributed by atoms with Crippen LogP contribution in [0.1, 0.15) is 24.6 Å². The lowest BCUT2D eigenvalue weighted by atomic mass is 10.1. The molecule has 3 rings (SSSR count). The summed E-state index contributed by atoms with van der Waals surface area (Å²) in [5, 5.41) is 6.96. The molecular weight excluding hydrogens is 320 g/mol. The molecule has 2 aromatic heterocycles. The van der Waals surface area contributed by atoms with Gasteiger partial charge in [0.2, 0.25) is 5.91 Å². The molecule has 0 saturated heterocycles. The highest BCUT2D eigenvalue weighted by Crippen LogP contribution is 2.09. The first kappa shape index (κ1) is 16.9. The Hall–Kier alpha value is -2.96. The molecule has 0 unspecified atom stereocenters. The number of benzene rings is 1. The van der Waals surface area contributed by atoms with Crippen molar-refractivity contribution < 1.29 is 9.32 Å². The molecule has 7 nitrogen and oxygen atoms in total. The number of aryl methyl sites for hydroxylation is 2. The molecule has 1 atom stereocenters. The molecule has 130 valence electrons. The van der Waals surface area contributed by atoms with Crippen LogP contribution in [0.5, 0.6) is 0 Å². The summed E-state index contributed by atoms with van der Waals surface area (Å²) in [4.78, 5) is 28.6. The van der Waals surface area contributed by atoms with Gasteiger partial charge in [-0.05, 0) is 32.3 Å². The number of amides is 1. The summed E-state index contributed by atoms with van der Waals surface area (Å²) in [7, 11) is 0. The van der Waals surface area contributed by atoms with Gasteiger partial charge in [0.1, 0.15) is 18.3 Å². The van der Waals surface area contributed by atoms with Gasteiger partial charge in [0.15, 0.2) is 0 Å². The summed E-state index contributed by atoms with van der Waals surface area (Å²) in [5.74, 6) is -0.224. The maximum atomic E-state index is 12.4. The van der Waals surface area contributed by atoms with Crippen LogP contribution >= 0.6 is 0 Å². The Labute approximate surface area is 144 Å². The fraction of sp³-hybridized carbons (Fsp3) is 0.333. The van der Waals surface area contributed by atoms with Crippen molar-refractivity contribution in [2.24, 2.45) is 0 Å². The van der Waals surface area contributed by atoms with Crippen molar-refractivity contribution in [1.82, 2.24) is 20.0 Å². The smallest absolute Gasteiger partial charge is 0.267 e. The van der Waals surface area contributed by atoms with Gasteiger partial charge in [0.25, 0.3) is 11.3 Å². The standard InChI is InChI=1S/C18H20N4O3/c1-12(8-9-14-6-4-3-5-7-14)20-15(23)10-22-11-19-17-16(18(22)24)13(2)21-25-17/h3-7,11-12H,8-10H2,1-2H3,(H,20,23)/t12-/m1/s1. The Morgan fingerprint density at radius 1 is 1.32 bits per heavy atom. The van der Waals surface area contributed by atoms with E-state index in [9.17, 15) is 9.59 Å². The van der Waals surface area contributed by atoms with Crippen LogP contribution < -0.4 is 10.9 Å². The topological polar surface area (TPSA) is 90.0 Å². The molecule has 0 spiro atoms. The summed E-state index contributed by atoms with van der Waals surface area (Å²) in [5.41, 5.74) is 1.57. The van der Waals surface area contributed by atoms with Crippen LogP contribution in [0.4, 0.5) is 0 Å². The highest BCUT2D eigenvalue weighted by Gasteiger charge is 2.14. The van der Waals surface area contributed by atoms with Crippen LogP contribution in [0, 0.1) is 6.92 Å². The molecule has 1 amide bonds. The third-order valence-electron chi connectivity index (χ3n) is 4.06. The molecule has 25 heavy (non-hydrogen) atoms. The zero-order valence-corrected chi connectivity index (χ0v) is 14.2. The maximum Gasteiger partial charge on any atom is 0.267 e. The van der Waals surface area contributed by atoms with Crippen molar-refractivity contribution in [3.63, 3.8) is 0 Å². The Morgan fingerprint density at radius 3 is 2.84 bits per heavy atom. The van der Waals surface area contributed by atoms with Gasteiger partial charge in [0.05, 0.1) is 5.69 Å². The molecule has 1 aromatic carbocycles. The monoisotopic (exact) mass is 340 g/mol. The molecule has 2 heterocycles. The number of nitrogens with zero attached hydrogens (tertiary/aromatic N) is 3. The number of nitrogens with one attached hydrogen (secondary N) is 1. The lowest BCUT2D eigenvalue weighted by Crippen LogP contribution is -2.37. The summed E-state index contributed by atoms with van der Waals surface area (Å²) in [6.45, 7) is 3.54. The van der Waals surface area contributed by atoms with Crippen molar-refractivity contribution >= 4 is 17.0 Å². The van der Waals surface area contributed by atoms with Crippen molar-refractivity contribution in [3.05, 3.63) is 58.3 Å². The van der Waals surface area contributed by atoms with Gasteiger partial charge < -0.3 is 9.84 Å². The molecule has 0 aliphatic heterocycles. The Balaban J connectivity index is 1.60. The summed E-state index contributed by atoms with van der Waals surface area (Å²) >= 11 is 0. The number of carbonyl (C=O) groups excluding carboxylic acids is 1. The zero-order valence-electron chi connectivity index (χ0n) is 14.2. The SMILES string of the molecule is Cc1noc2ncn(CC(=O)N[C@H](C)CCc3ccccc3)c(=O)c12. The first-order chi connectivity index (χ1) is 12.0. The second-order valence-corrected chi connectivity index (χ2v) is 6.12. The minimum absolute atomic E-state index is 0.0115. The van der Waals surface area contributed by atoms with E-state index in [1.165, 1.54) is 16.5 Å². The van der Waals surface area contributed by atoms with Crippen LogP contribution in [0.15, 0.2) is 46.0 Å². The van der Waals surface area contributed by atoms with Crippen LogP contribution in [-0.4, -0.2) is 26.7 Å². The number of carbonyl (C=O) groups is 1. The second kappa shape index (κ2) is 7.29. The van der Waals surface area contributed by atoms with Gasteiger partial charge in [-0.15, -0.1) is 0 Å². The lowest BCUT2D eigenvalue weighted by Gasteiger charge is -2.14. The van der Waals surface area contributed by atoms with E-state index >= 15 is 0 Å². The number of hydrogen-bond acceptors (Lipinski definition) is 5. The molecule has 0 aliphatic rings. The highest BCUT2D eigenvalue weighted by atomic mass is 16.5. The van der Waals surface area contributed by atoms with E-state index in [4.69, 9.17) is 4.52 Å². The number of fused-ring (bicyclic) bond motifs is 1. The van der Waals surface area contributed by atoms with E-state index in [-0.39, 0.29) is 29.8 Å². The van der Waals surface area contributed by atoms with Gasteiger partial charge in [-0.2, -0.15) is 0 Å². The van der Waals surface area contributed by atoms with Gasteiger partial charge in [0, 0.05) is 6.04 Å². The predicted molar refractivity (Wildman–Crippen MR) is 93.2 cm³/mol. The van der Waals surface area contributed by atoms with E-state index < -0.39 is 0 Å². The number of rotatable bonds is 6. The predicted octanol–water partition coefficient (Wildman–Crippen LogP) is 1.83. The van der Waals surface area contributed by atoms with Crippen molar-refractivity contribution in [3.8, 4) is 0 Å². The van der Waals surface area contributed by atoms with Gasteiger partial charge >= 0.3 is 0 Å². The quantitative estimate of drug-likeness (QED) is 0.739. The maximum absolute atomic E-state index is 12.4. The normalized spacial score (nSPS) is 12.2. The Bertz CT molecular complexity index is 930. The average Bonchev–Trinajstić information content (AvgIpc) is 2.98. The molecule has 0 fully saturated rings. The Morgan fingerprint density at radius 2 is 2.08 bits per heavy atom. The molecule has 1 N–H and O–H groups in total. The Kier molecular flexibility index (Phi) is 4.92. The van der Waals surface area contributed by atoms with E-state index in [2.05, 4.69) is 27.6 Å². The minimum atomic E-state index is -0.323. The molecule has 0 radical (unpaired) electrons. The van der Waals surface area contributed by atoms with Crippen LogP contribution in [0.25, 0.3) is 11.1 Å². The third-order valence-corrected chi connectivity index (χ3v) is 4.06. The van der Waals surface area contributed by atoms with Crippen LogP contribution in [-0.2, 0) is 17.8 Å². The first-order valence-electron chi connectivity index (χ1n) is 8.19. The fourth-order valence-corrected chi connectivity index (χ4v) is 2.70. The number of aromatic nitrogens is 3. The van der Waals surface area contributed by atoms with E-state index in [1.807, 2.05) is 25.1 Å². The molecular formula is C18H20N4O3. The van der Waals surface area contributed by atoms with E-state index in [1.54, 1.807) is 6.92 Å². The van der Waals surface area contributed by atoms with Gasteiger partial charge in [-0.1, -0.05) is 35.5 Å². The van der Waals surface area contributed by atoms with E-state index in [0.29, 0.717) is 11.1 Å². The summed E-state index contributed by atoms with van der Waals surface area (Å²) in [6.07, 6.45) is 3.02. The van der Waals surface area contributed by atoms with Gasteiger partial charge in [-0.25, -0.2) is 4.98 Å². The molecule has 0 bridgehead atoms. The number of hydrogen-bond donors (Lipinski definition) is 1. The molecule has 0 saturated carbocycles. The van der Waals surface area contributed by atoms with Crippen molar-refractivity contribution in [2.75, 3.05) is 0 Å². The fourth-order valence-electron chi connectivity index (χ4n) is 2.70. The molecule has 3 aromatic rings. The largest absolute Gasteiger partial charge is 0.352 e. The summed E-state index contributed by atoms with van der Waals surface area (Å²) < 4.78 is 6.22. The first-order valence-corrected chi connectivity index (χ1v) is 8.19. The lowest BCUT2D eigenvalue weighted by molar-refractivity contribution is -0.122. The highest BCUT2D eigenvalue weighted by molar-refractivity contribution is 5.77. The van der Waals surface area contributed by atoms with Crippen molar-refractivity contribution in [1.29, 1.82) is 0 Å². The van der Waals surface area contributed by atoms with Crippen molar-refractivity contribution in [2.45, 2.75) is 39.3 Å². The summed E-state index contributed by atoms with van der Waals surface area (Å²) in [6, 6.07) is 10.1. The van der Waals surface area contributed by atoms with Crippen LogP contribution in [0.2, 0.25) is 0 Å².